The van der Waals surface area contributed by atoms with Crippen LogP contribution in [0, 0.1) is 0 Å². The molecule has 2 aromatic carbocycles. The molecule has 100 valence electrons. The number of hydrogen-bond donors (Lipinski definition) is 1. The first-order valence-electron chi connectivity index (χ1n) is 6.26. The van der Waals surface area contributed by atoms with Crippen molar-refractivity contribution in [1.82, 2.24) is 9.97 Å². The van der Waals surface area contributed by atoms with E-state index in [1.165, 1.54) is 0 Å². The SMILES string of the molecule is Clc1cccc(Cc2nc(-c3ccccc3)c[nH]2)c1Cl. The van der Waals surface area contributed by atoms with E-state index < -0.39 is 0 Å². The molecular formula is C16H12Cl2N2. The van der Waals surface area contributed by atoms with Gasteiger partial charge in [-0.2, -0.15) is 0 Å². The van der Waals surface area contributed by atoms with Gasteiger partial charge in [-0.3, -0.25) is 0 Å². The molecule has 0 amide bonds. The molecule has 0 radical (unpaired) electrons. The van der Waals surface area contributed by atoms with Gasteiger partial charge in [0.1, 0.15) is 5.82 Å². The summed E-state index contributed by atoms with van der Waals surface area (Å²) in [5, 5.41) is 1.16. The number of rotatable bonds is 3. The second-order valence-corrected chi connectivity index (χ2v) is 5.27. The zero-order valence-electron chi connectivity index (χ0n) is 10.6. The van der Waals surface area contributed by atoms with Crippen molar-refractivity contribution in [3.63, 3.8) is 0 Å². The Morgan fingerprint density at radius 1 is 0.950 bits per heavy atom. The van der Waals surface area contributed by atoms with Gasteiger partial charge in [-0.25, -0.2) is 4.98 Å². The van der Waals surface area contributed by atoms with E-state index in [9.17, 15) is 0 Å². The lowest BCUT2D eigenvalue weighted by atomic mass is 10.1. The summed E-state index contributed by atoms with van der Waals surface area (Å²) in [5.74, 6) is 0.869. The Hall–Kier alpha value is -1.77. The highest BCUT2D eigenvalue weighted by molar-refractivity contribution is 6.42. The number of imidazole rings is 1. The highest BCUT2D eigenvalue weighted by atomic mass is 35.5. The largest absolute Gasteiger partial charge is 0.348 e. The molecule has 0 fully saturated rings. The quantitative estimate of drug-likeness (QED) is 0.726. The third-order valence-electron chi connectivity index (χ3n) is 3.09. The van der Waals surface area contributed by atoms with Crippen LogP contribution in [-0.2, 0) is 6.42 Å². The maximum atomic E-state index is 6.19. The van der Waals surface area contributed by atoms with Gasteiger partial charge in [0, 0.05) is 18.2 Å². The van der Waals surface area contributed by atoms with Crippen LogP contribution in [0.15, 0.2) is 54.7 Å². The molecule has 0 saturated carbocycles. The predicted octanol–water partition coefficient (Wildman–Crippen LogP) is 4.97. The first-order chi connectivity index (χ1) is 9.74. The van der Waals surface area contributed by atoms with E-state index in [2.05, 4.69) is 9.97 Å². The maximum absolute atomic E-state index is 6.19. The van der Waals surface area contributed by atoms with Crippen LogP contribution in [0.2, 0.25) is 10.0 Å². The topological polar surface area (TPSA) is 28.7 Å². The van der Waals surface area contributed by atoms with Gasteiger partial charge in [0.05, 0.1) is 15.7 Å². The van der Waals surface area contributed by atoms with Crippen LogP contribution < -0.4 is 0 Å². The van der Waals surface area contributed by atoms with Crippen molar-refractivity contribution in [2.75, 3.05) is 0 Å². The molecule has 2 nitrogen and oxygen atoms in total. The molecule has 0 atom stereocenters. The summed E-state index contributed by atoms with van der Waals surface area (Å²) in [7, 11) is 0. The van der Waals surface area contributed by atoms with E-state index in [0.29, 0.717) is 16.5 Å². The third kappa shape index (κ3) is 2.72. The van der Waals surface area contributed by atoms with Crippen molar-refractivity contribution in [2.24, 2.45) is 0 Å². The Morgan fingerprint density at radius 3 is 2.55 bits per heavy atom. The molecule has 1 heterocycles. The van der Waals surface area contributed by atoms with Gasteiger partial charge in [0.15, 0.2) is 0 Å². The number of halogens is 2. The number of aromatic amines is 1. The summed E-state index contributed by atoms with van der Waals surface area (Å²) >= 11 is 12.2. The van der Waals surface area contributed by atoms with Gasteiger partial charge < -0.3 is 4.98 Å². The summed E-state index contributed by atoms with van der Waals surface area (Å²) in [6.07, 6.45) is 2.54. The Labute approximate surface area is 127 Å². The van der Waals surface area contributed by atoms with E-state index in [0.717, 1.165) is 22.6 Å². The Bertz CT molecular complexity index is 720. The molecule has 20 heavy (non-hydrogen) atoms. The van der Waals surface area contributed by atoms with Crippen LogP contribution in [0.3, 0.4) is 0 Å². The summed E-state index contributed by atoms with van der Waals surface area (Å²) in [5.41, 5.74) is 2.99. The van der Waals surface area contributed by atoms with Crippen LogP contribution in [-0.4, -0.2) is 9.97 Å². The Balaban J connectivity index is 1.86. The molecule has 4 heteroatoms. The number of benzene rings is 2. The van der Waals surface area contributed by atoms with Crippen molar-refractivity contribution in [3.8, 4) is 11.3 Å². The zero-order chi connectivity index (χ0) is 13.9. The minimum atomic E-state index is 0.569. The van der Waals surface area contributed by atoms with Gasteiger partial charge in [-0.15, -0.1) is 0 Å². The molecule has 1 N–H and O–H groups in total. The van der Waals surface area contributed by atoms with Crippen molar-refractivity contribution in [3.05, 3.63) is 76.2 Å². The molecule has 0 bridgehead atoms. The summed E-state index contributed by atoms with van der Waals surface area (Å²) < 4.78 is 0. The van der Waals surface area contributed by atoms with Crippen LogP contribution in [0.1, 0.15) is 11.4 Å². The third-order valence-corrected chi connectivity index (χ3v) is 3.95. The normalized spacial score (nSPS) is 10.7. The lowest BCUT2D eigenvalue weighted by Crippen LogP contribution is -1.92. The first-order valence-corrected chi connectivity index (χ1v) is 7.02. The second-order valence-electron chi connectivity index (χ2n) is 4.49. The van der Waals surface area contributed by atoms with Gasteiger partial charge >= 0.3 is 0 Å². The Morgan fingerprint density at radius 2 is 1.75 bits per heavy atom. The summed E-state index contributed by atoms with van der Waals surface area (Å²) in [6, 6.07) is 15.7. The van der Waals surface area contributed by atoms with Gasteiger partial charge in [-0.05, 0) is 11.6 Å². The zero-order valence-corrected chi connectivity index (χ0v) is 12.1. The Kier molecular flexibility index (Phi) is 3.77. The molecule has 0 unspecified atom stereocenters. The lowest BCUT2D eigenvalue weighted by molar-refractivity contribution is 1.03. The van der Waals surface area contributed by atoms with E-state index in [4.69, 9.17) is 23.2 Å². The fourth-order valence-electron chi connectivity index (χ4n) is 2.07. The molecular weight excluding hydrogens is 291 g/mol. The van der Waals surface area contributed by atoms with E-state index in [1.807, 2.05) is 48.7 Å². The summed E-state index contributed by atoms with van der Waals surface area (Å²) in [6.45, 7) is 0. The van der Waals surface area contributed by atoms with Crippen molar-refractivity contribution >= 4 is 23.2 Å². The molecule has 3 rings (SSSR count). The molecule has 1 aromatic heterocycles. The average molecular weight is 303 g/mol. The molecule has 0 spiro atoms. The monoisotopic (exact) mass is 302 g/mol. The number of nitrogens with one attached hydrogen (secondary N) is 1. The molecule has 0 saturated heterocycles. The highest BCUT2D eigenvalue weighted by Gasteiger charge is 2.08. The fraction of sp³-hybridized carbons (Fsp3) is 0.0625. The van der Waals surface area contributed by atoms with Gasteiger partial charge in [-0.1, -0.05) is 65.7 Å². The number of nitrogens with zero attached hydrogens (tertiary/aromatic N) is 1. The van der Waals surface area contributed by atoms with E-state index in [-0.39, 0.29) is 0 Å². The fourth-order valence-corrected chi connectivity index (χ4v) is 2.46. The molecule has 3 aromatic rings. The van der Waals surface area contributed by atoms with Crippen LogP contribution in [0.5, 0.6) is 0 Å². The smallest absolute Gasteiger partial charge is 0.111 e. The summed E-state index contributed by atoms with van der Waals surface area (Å²) in [4.78, 5) is 7.78. The van der Waals surface area contributed by atoms with E-state index >= 15 is 0 Å². The standard InChI is InChI=1S/C16H12Cl2N2/c17-13-8-4-7-12(16(13)18)9-15-19-10-14(20-15)11-5-2-1-3-6-11/h1-8,10H,9H2,(H,19,20). The van der Waals surface area contributed by atoms with Crippen molar-refractivity contribution in [2.45, 2.75) is 6.42 Å². The van der Waals surface area contributed by atoms with Crippen LogP contribution in [0.4, 0.5) is 0 Å². The lowest BCUT2D eigenvalue weighted by Gasteiger charge is -2.03. The van der Waals surface area contributed by atoms with Crippen molar-refractivity contribution < 1.29 is 0 Å². The van der Waals surface area contributed by atoms with Crippen LogP contribution >= 0.6 is 23.2 Å². The highest BCUT2D eigenvalue weighted by Crippen LogP contribution is 2.27. The second kappa shape index (κ2) is 5.70. The molecule has 0 aliphatic carbocycles. The van der Waals surface area contributed by atoms with E-state index in [1.54, 1.807) is 6.07 Å². The number of aromatic nitrogens is 2. The molecule has 0 aliphatic rings. The van der Waals surface area contributed by atoms with Crippen LogP contribution in [0.25, 0.3) is 11.3 Å². The maximum Gasteiger partial charge on any atom is 0.111 e. The van der Waals surface area contributed by atoms with Crippen molar-refractivity contribution in [1.29, 1.82) is 0 Å². The van der Waals surface area contributed by atoms with Gasteiger partial charge in [0.2, 0.25) is 0 Å². The minimum absolute atomic E-state index is 0.569. The minimum Gasteiger partial charge on any atom is -0.348 e. The number of H-pyrrole nitrogens is 1. The predicted molar refractivity (Wildman–Crippen MR) is 83.3 cm³/mol. The first kappa shape index (κ1) is 13.2. The average Bonchev–Trinajstić information content (AvgIpc) is 2.93. The van der Waals surface area contributed by atoms with Gasteiger partial charge in [0.25, 0.3) is 0 Å². The number of hydrogen-bond acceptors (Lipinski definition) is 1. The molecule has 0 aliphatic heterocycles.